The standard InChI is InChI=1S/C12H12O2S/c1-14-12(13)11(9-7-8-9)15-10-5-3-2-4-6-10/h2-6H,7-8H2,1H3. The Labute approximate surface area is 93.3 Å². The van der Waals surface area contributed by atoms with Crippen molar-refractivity contribution >= 4 is 17.7 Å². The van der Waals surface area contributed by atoms with Crippen LogP contribution < -0.4 is 0 Å². The maximum Gasteiger partial charge on any atom is 0.344 e. The Kier molecular flexibility index (Phi) is 3.11. The van der Waals surface area contributed by atoms with Gasteiger partial charge in [0.25, 0.3) is 0 Å². The largest absolute Gasteiger partial charge is 0.465 e. The maximum atomic E-state index is 11.5. The van der Waals surface area contributed by atoms with E-state index in [0.29, 0.717) is 0 Å². The number of carbonyl (C=O) groups excluding carboxylic acids is 1. The van der Waals surface area contributed by atoms with Crippen molar-refractivity contribution < 1.29 is 9.53 Å². The van der Waals surface area contributed by atoms with Gasteiger partial charge in [0.05, 0.1) is 12.0 Å². The van der Waals surface area contributed by atoms with Crippen LogP contribution in [-0.2, 0) is 9.53 Å². The monoisotopic (exact) mass is 220 g/mol. The molecule has 2 nitrogen and oxygen atoms in total. The first kappa shape index (κ1) is 10.3. The highest BCUT2D eigenvalue weighted by Crippen LogP contribution is 2.40. The molecule has 1 aromatic carbocycles. The van der Waals surface area contributed by atoms with Crippen LogP contribution in [0.1, 0.15) is 12.8 Å². The van der Waals surface area contributed by atoms with Gasteiger partial charge < -0.3 is 4.74 Å². The average molecular weight is 220 g/mol. The van der Waals surface area contributed by atoms with E-state index in [2.05, 4.69) is 0 Å². The summed E-state index contributed by atoms with van der Waals surface area (Å²) in [6.45, 7) is 0. The number of carbonyl (C=O) groups is 1. The van der Waals surface area contributed by atoms with E-state index < -0.39 is 0 Å². The number of hydrogen-bond acceptors (Lipinski definition) is 3. The number of esters is 1. The molecule has 0 bridgehead atoms. The number of allylic oxidation sites excluding steroid dienone is 1. The van der Waals surface area contributed by atoms with E-state index in [4.69, 9.17) is 4.74 Å². The van der Waals surface area contributed by atoms with E-state index in [9.17, 15) is 4.79 Å². The molecule has 2 rings (SSSR count). The third-order valence-corrected chi connectivity index (χ3v) is 3.32. The molecule has 3 heteroatoms. The van der Waals surface area contributed by atoms with Crippen LogP contribution in [0.3, 0.4) is 0 Å². The molecule has 1 aliphatic rings. The Balaban J connectivity index is 2.16. The fraction of sp³-hybridized carbons (Fsp3) is 0.250. The van der Waals surface area contributed by atoms with Crippen LogP contribution in [0.4, 0.5) is 0 Å². The highest BCUT2D eigenvalue weighted by atomic mass is 32.2. The quantitative estimate of drug-likeness (QED) is 0.445. The zero-order valence-corrected chi connectivity index (χ0v) is 9.34. The molecule has 15 heavy (non-hydrogen) atoms. The van der Waals surface area contributed by atoms with Gasteiger partial charge in [-0.3, -0.25) is 0 Å². The molecule has 0 spiro atoms. The van der Waals surface area contributed by atoms with Crippen molar-refractivity contribution in [1.29, 1.82) is 0 Å². The van der Waals surface area contributed by atoms with Gasteiger partial charge in [0, 0.05) is 4.90 Å². The zero-order valence-electron chi connectivity index (χ0n) is 8.53. The fourth-order valence-corrected chi connectivity index (χ4v) is 2.29. The molecule has 1 fully saturated rings. The predicted molar refractivity (Wildman–Crippen MR) is 60.6 cm³/mol. The van der Waals surface area contributed by atoms with E-state index in [1.807, 2.05) is 30.3 Å². The molecule has 0 amide bonds. The van der Waals surface area contributed by atoms with E-state index in [1.165, 1.54) is 24.4 Å². The summed E-state index contributed by atoms with van der Waals surface area (Å²) in [4.78, 5) is 13.3. The molecule has 1 aromatic rings. The van der Waals surface area contributed by atoms with Gasteiger partial charge in [-0.2, -0.15) is 0 Å². The molecule has 0 unspecified atom stereocenters. The molecule has 0 atom stereocenters. The van der Waals surface area contributed by atoms with Crippen LogP contribution in [0.5, 0.6) is 0 Å². The molecule has 78 valence electrons. The summed E-state index contributed by atoms with van der Waals surface area (Å²) in [5.74, 6) is -0.212. The van der Waals surface area contributed by atoms with Gasteiger partial charge in [0.1, 0.15) is 0 Å². The third kappa shape index (κ3) is 2.63. The Hall–Kier alpha value is -1.22. The summed E-state index contributed by atoms with van der Waals surface area (Å²) in [7, 11) is 1.43. The lowest BCUT2D eigenvalue weighted by atomic mass is 10.4. The number of benzene rings is 1. The van der Waals surface area contributed by atoms with Crippen molar-refractivity contribution in [2.24, 2.45) is 0 Å². The first-order valence-corrected chi connectivity index (χ1v) is 5.66. The SMILES string of the molecule is COC(=O)C(Sc1ccccc1)=C1CC1. The molecule has 0 N–H and O–H groups in total. The number of hydrogen-bond donors (Lipinski definition) is 0. The van der Waals surface area contributed by atoms with Crippen molar-refractivity contribution in [2.45, 2.75) is 17.7 Å². The van der Waals surface area contributed by atoms with Gasteiger partial charge >= 0.3 is 5.97 Å². The van der Waals surface area contributed by atoms with Crippen molar-refractivity contribution in [2.75, 3.05) is 7.11 Å². The van der Waals surface area contributed by atoms with E-state index >= 15 is 0 Å². The molecule has 0 aromatic heterocycles. The van der Waals surface area contributed by atoms with Crippen LogP contribution in [-0.4, -0.2) is 13.1 Å². The summed E-state index contributed by atoms with van der Waals surface area (Å²) < 4.78 is 4.77. The second-order valence-corrected chi connectivity index (χ2v) is 4.42. The lowest BCUT2D eigenvalue weighted by Crippen LogP contribution is -2.01. The minimum atomic E-state index is -0.212. The Morgan fingerprint density at radius 3 is 2.47 bits per heavy atom. The van der Waals surface area contributed by atoms with E-state index in [-0.39, 0.29) is 5.97 Å². The summed E-state index contributed by atoms with van der Waals surface area (Å²) >= 11 is 1.50. The molecule has 0 heterocycles. The first-order chi connectivity index (χ1) is 7.31. The van der Waals surface area contributed by atoms with Gasteiger partial charge in [0.2, 0.25) is 0 Å². The second-order valence-electron chi connectivity index (χ2n) is 3.34. The van der Waals surface area contributed by atoms with Gasteiger partial charge in [-0.25, -0.2) is 4.79 Å². The fourth-order valence-electron chi connectivity index (χ4n) is 1.25. The topological polar surface area (TPSA) is 26.3 Å². The van der Waals surface area contributed by atoms with Crippen molar-refractivity contribution in [1.82, 2.24) is 0 Å². The minimum absolute atomic E-state index is 0.212. The highest BCUT2D eigenvalue weighted by Gasteiger charge is 2.24. The number of rotatable bonds is 3. The molecule has 0 aliphatic heterocycles. The Bertz CT molecular complexity index is 389. The number of thioether (sulfide) groups is 1. The van der Waals surface area contributed by atoms with Gasteiger partial charge in [-0.05, 0) is 30.5 Å². The van der Waals surface area contributed by atoms with Crippen molar-refractivity contribution in [3.63, 3.8) is 0 Å². The molecular formula is C12H12O2S. The van der Waals surface area contributed by atoms with Gasteiger partial charge in [-0.1, -0.05) is 30.0 Å². The molecule has 0 saturated heterocycles. The summed E-state index contributed by atoms with van der Waals surface area (Å²) in [6.07, 6.45) is 2.06. The molecule has 1 saturated carbocycles. The van der Waals surface area contributed by atoms with Gasteiger partial charge in [0.15, 0.2) is 0 Å². The van der Waals surface area contributed by atoms with E-state index in [0.717, 1.165) is 22.6 Å². The number of methoxy groups -OCH3 is 1. The minimum Gasteiger partial charge on any atom is -0.465 e. The Morgan fingerprint density at radius 1 is 1.27 bits per heavy atom. The molecule has 0 radical (unpaired) electrons. The molecular weight excluding hydrogens is 208 g/mol. The summed E-state index contributed by atoms with van der Waals surface area (Å²) in [5.41, 5.74) is 1.22. The Morgan fingerprint density at radius 2 is 1.93 bits per heavy atom. The normalized spacial score (nSPS) is 13.5. The smallest absolute Gasteiger partial charge is 0.344 e. The van der Waals surface area contributed by atoms with Crippen LogP contribution in [0.25, 0.3) is 0 Å². The van der Waals surface area contributed by atoms with Crippen molar-refractivity contribution in [3.05, 3.63) is 40.8 Å². The van der Waals surface area contributed by atoms with Gasteiger partial charge in [-0.15, -0.1) is 0 Å². The maximum absolute atomic E-state index is 11.5. The molecule has 1 aliphatic carbocycles. The lowest BCUT2D eigenvalue weighted by molar-refractivity contribution is -0.135. The predicted octanol–water partition coefficient (Wildman–Crippen LogP) is 3.00. The lowest BCUT2D eigenvalue weighted by Gasteiger charge is -2.04. The summed E-state index contributed by atoms with van der Waals surface area (Å²) in [5, 5.41) is 0. The van der Waals surface area contributed by atoms with Crippen LogP contribution in [0.2, 0.25) is 0 Å². The van der Waals surface area contributed by atoms with Crippen LogP contribution in [0.15, 0.2) is 45.7 Å². The van der Waals surface area contributed by atoms with Crippen molar-refractivity contribution in [3.8, 4) is 0 Å². The van der Waals surface area contributed by atoms with Crippen LogP contribution in [0, 0.1) is 0 Å². The van der Waals surface area contributed by atoms with Crippen LogP contribution >= 0.6 is 11.8 Å². The second kappa shape index (κ2) is 4.53. The third-order valence-electron chi connectivity index (χ3n) is 2.16. The highest BCUT2D eigenvalue weighted by molar-refractivity contribution is 8.04. The average Bonchev–Trinajstić information content (AvgIpc) is 3.10. The number of ether oxygens (including phenoxy) is 1. The zero-order chi connectivity index (χ0) is 10.7. The first-order valence-electron chi connectivity index (χ1n) is 4.84. The summed E-state index contributed by atoms with van der Waals surface area (Å²) in [6, 6.07) is 9.89. The van der Waals surface area contributed by atoms with E-state index in [1.54, 1.807) is 0 Å².